The molecule has 3 N–H and O–H groups in total. The molecule has 1 aromatic rings. The van der Waals surface area contributed by atoms with Crippen LogP contribution in [0.2, 0.25) is 0 Å². The smallest absolute Gasteiger partial charge is 0.342 e. The zero-order valence-electron chi connectivity index (χ0n) is 12.6. The Labute approximate surface area is 133 Å². The van der Waals surface area contributed by atoms with Crippen molar-refractivity contribution in [3.63, 3.8) is 0 Å². The number of aliphatic hydroxyl groups is 3. The maximum atomic E-state index is 12.3. The van der Waals surface area contributed by atoms with Gasteiger partial charge in [-0.05, 0) is 25.0 Å². The van der Waals surface area contributed by atoms with E-state index in [1.54, 1.807) is 12.1 Å². The summed E-state index contributed by atoms with van der Waals surface area (Å²) in [7, 11) is 0. The number of benzene rings is 1. The molecule has 7 heteroatoms. The molecule has 0 amide bonds. The maximum absolute atomic E-state index is 12.3. The van der Waals surface area contributed by atoms with Gasteiger partial charge in [0, 0.05) is 12.8 Å². The van der Waals surface area contributed by atoms with Gasteiger partial charge in [0.25, 0.3) is 0 Å². The third-order valence-corrected chi connectivity index (χ3v) is 3.75. The van der Waals surface area contributed by atoms with Gasteiger partial charge in [-0.1, -0.05) is 12.1 Å². The topological polar surface area (TPSA) is 113 Å². The van der Waals surface area contributed by atoms with Crippen LogP contribution in [0.1, 0.15) is 36.0 Å². The van der Waals surface area contributed by atoms with Gasteiger partial charge in [0.2, 0.25) is 0 Å². The van der Waals surface area contributed by atoms with E-state index in [1.807, 2.05) is 0 Å². The van der Waals surface area contributed by atoms with Crippen LogP contribution in [0.25, 0.3) is 0 Å². The molecule has 0 heterocycles. The van der Waals surface area contributed by atoms with Gasteiger partial charge in [-0.25, -0.2) is 4.79 Å². The highest BCUT2D eigenvalue weighted by Gasteiger charge is 2.31. The van der Waals surface area contributed by atoms with E-state index in [9.17, 15) is 19.8 Å². The lowest BCUT2D eigenvalue weighted by molar-refractivity contribution is -0.135. The van der Waals surface area contributed by atoms with Crippen LogP contribution in [-0.4, -0.2) is 52.2 Å². The monoisotopic (exact) mass is 324 g/mol. The number of ketones is 1. The SMILES string of the molecule is O=C(OC1CCCC(=O)C(O)C(O)C1)c1ccccc1OCO. The van der Waals surface area contributed by atoms with Gasteiger partial charge in [-0.2, -0.15) is 0 Å². The van der Waals surface area contributed by atoms with Crippen molar-refractivity contribution in [2.45, 2.75) is 44.0 Å². The summed E-state index contributed by atoms with van der Waals surface area (Å²) < 4.78 is 10.3. The number of hydrogen-bond acceptors (Lipinski definition) is 7. The Kier molecular flexibility index (Phi) is 6.09. The van der Waals surface area contributed by atoms with Crippen molar-refractivity contribution >= 4 is 11.8 Å². The molecular formula is C16H20O7. The average Bonchev–Trinajstić information content (AvgIpc) is 2.53. The number of hydrogen-bond donors (Lipinski definition) is 3. The van der Waals surface area contributed by atoms with Crippen molar-refractivity contribution < 1.29 is 34.4 Å². The van der Waals surface area contributed by atoms with Crippen molar-refractivity contribution in [3.8, 4) is 5.75 Å². The van der Waals surface area contributed by atoms with Crippen molar-refractivity contribution in [1.82, 2.24) is 0 Å². The number of esters is 1. The fourth-order valence-corrected chi connectivity index (χ4v) is 2.54. The highest BCUT2D eigenvalue weighted by molar-refractivity contribution is 5.92. The van der Waals surface area contributed by atoms with Crippen LogP contribution in [-0.2, 0) is 9.53 Å². The van der Waals surface area contributed by atoms with Crippen LogP contribution in [0.15, 0.2) is 24.3 Å². The number of aliphatic hydroxyl groups excluding tert-OH is 3. The van der Waals surface area contributed by atoms with Gasteiger partial charge in [-0.15, -0.1) is 0 Å². The van der Waals surface area contributed by atoms with Gasteiger partial charge in [0.15, 0.2) is 12.6 Å². The molecule has 3 atom stereocenters. The van der Waals surface area contributed by atoms with Gasteiger partial charge in [0.05, 0.1) is 6.10 Å². The Morgan fingerprint density at radius 2 is 2.00 bits per heavy atom. The lowest BCUT2D eigenvalue weighted by Gasteiger charge is -2.26. The van der Waals surface area contributed by atoms with Crippen molar-refractivity contribution in [2.75, 3.05) is 6.79 Å². The number of carbonyl (C=O) groups is 2. The minimum Gasteiger partial charge on any atom is -0.467 e. The van der Waals surface area contributed by atoms with Gasteiger partial charge in [0.1, 0.15) is 23.5 Å². The van der Waals surface area contributed by atoms with E-state index >= 15 is 0 Å². The Balaban J connectivity index is 2.06. The quantitative estimate of drug-likeness (QED) is 0.543. The van der Waals surface area contributed by atoms with Gasteiger partial charge >= 0.3 is 5.97 Å². The van der Waals surface area contributed by atoms with Gasteiger partial charge in [-0.3, -0.25) is 4.79 Å². The standard InChI is InChI=1S/C16H20O7/c17-9-22-14-7-2-1-5-11(14)16(21)23-10-4-3-6-12(18)15(20)13(19)8-10/h1-2,5,7,10,13,15,17,19-20H,3-4,6,8-9H2. The molecule has 1 aliphatic rings. The lowest BCUT2D eigenvalue weighted by atomic mass is 9.93. The first kappa shape index (κ1) is 17.4. The molecule has 0 aliphatic heterocycles. The van der Waals surface area contributed by atoms with Crippen LogP contribution in [0.4, 0.5) is 0 Å². The van der Waals surface area contributed by atoms with E-state index in [4.69, 9.17) is 14.6 Å². The summed E-state index contributed by atoms with van der Waals surface area (Å²) in [6.45, 7) is -0.569. The normalized spacial score (nSPS) is 25.3. The Morgan fingerprint density at radius 3 is 2.74 bits per heavy atom. The Bertz CT molecular complexity index is 557. The van der Waals surface area contributed by atoms with Crippen molar-refractivity contribution in [3.05, 3.63) is 29.8 Å². The first-order valence-electron chi connectivity index (χ1n) is 7.45. The largest absolute Gasteiger partial charge is 0.467 e. The number of carbonyl (C=O) groups excluding carboxylic acids is 2. The van der Waals surface area contributed by atoms with Crippen LogP contribution < -0.4 is 4.74 Å². The Hall–Kier alpha value is -1.96. The van der Waals surface area contributed by atoms with Gasteiger partial charge < -0.3 is 24.8 Å². The average molecular weight is 324 g/mol. The van der Waals surface area contributed by atoms with E-state index in [0.29, 0.717) is 12.8 Å². The summed E-state index contributed by atoms with van der Waals surface area (Å²) in [5, 5.41) is 28.3. The third-order valence-electron chi connectivity index (χ3n) is 3.75. The fourth-order valence-electron chi connectivity index (χ4n) is 2.54. The molecule has 0 bridgehead atoms. The predicted octanol–water partition coefficient (Wildman–Crippen LogP) is 0.406. The summed E-state index contributed by atoms with van der Waals surface area (Å²) in [6, 6.07) is 6.33. The van der Waals surface area contributed by atoms with Crippen molar-refractivity contribution in [1.29, 1.82) is 0 Å². The number of para-hydroxylation sites is 1. The van der Waals surface area contributed by atoms with E-state index in [0.717, 1.165) is 0 Å². The molecule has 7 nitrogen and oxygen atoms in total. The Morgan fingerprint density at radius 1 is 1.26 bits per heavy atom. The molecule has 1 aliphatic carbocycles. The second-order valence-corrected chi connectivity index (χ2v) is 5.40. The minimum atomic E-state index is -1.44. The zero-order valence-corrected chi connectivity index (χ0v) is 12.6. The van der Waals surface area contributed by atoms with Crippen LogP contribution >= 0.6 is 0 Å². The van der Waals surface area contributed by atoms with Crippen LogP contribution in [0.3, 0.4) is 0 Å². The van der Waals surface area contributed by atoms with E-state index in [1.165, 1.54) is 12.1 Å². The molecule has 1 fully saturated rings. The van der Waals surface area contributed by atoms with Crippen LogP contribution in [0.5, 0.6) is 5.75 Å². The summed E-state index contributed by atoms with van der Waals surface area (Å²) in [5.74, 6) is -0.849. The number of Topliss-reactive ketones (excluding diaryl/α,β-unsaturated/α-hetero) is 1. The summed E-state index contributed by atoms with van der Waals surface area (Å²) in [6.07, 6.45) is -2.30. The highest BCUT2D eigenvalue weighted by atomic mass is 16.6. The van der Waals surface area contributed by atoms with Crippen LogP contribution in [0, 0.1) is 0 Å². The molecule has 23 heavy (non-hydrogen) atoms. The summed E-state index contributed by atoms with van der Waals surface area (Å²) in [5.41, 5.74) is 0.162. The molecule has 0 radical (unpaired) electrons. The molecule has 3 unspecified atom stereocenters. The first-order valence-corrected chi connectivity index (χ1v) is 7.45. The molecule has 2 rings (SSSR count). The van der Waals surface area contributed by atoms with E-state index < -0.39 is 36.9 Å². The van der Waals surface area contributed by atoms with Crippen molar-refractivity contribution in [2.24, 2.45) is 0 Å². The molecule has 0 aromatic heterocycles. The van der Waals surface area contributed by atoms with E-state index in [2.05, 4.69) is 0 Å². The zero-order chi connectivity index (χ0) is 16.8. The number of ether oxygens (including phenoxy) is 2. The number of rotatable bonds is 4. The molecule has 1 aromatic carbocycles. The second-order valence-electron chi connectivity index (χ2n) is 5.40. The highest BCUT2D eigenvalue weighted by Crippen LogP contribution is 2.23. The third kappa shape index (κ3) is 4.51. The molecule has 0 saturated heterocycles. The minimum absolute atomic E-state index is 0.0122. The summed E-state index contributed by atoms with van der Waals surface area (Å²) in [4.78, 5) is 23.8. The molecular weight excluding hydrogens is 304 g/mol. The maximum Gasteiger partial charge on any atom is 0.342 e. The lowest BCUT2D eigenvalue weighted by Crippen LogP contribution is -2.39. The first-order chi connectivity index (χ1) is 11.0. The van der Waals surface area contributed by atoms with E-state index in [-0.39, 0.29) is 24.2 Å². The fraction of sp³-hybridized carbons (Fsp3) is 0.500. The second kappa shape index (κ2) is 8.05. The molecule has 1 saturated carbocycles. The molecule has 0 spiro atoms. The molecule has 126 valence electrons. The predicted molar refractivity (Wildman–Crippen MR) is 78.8 cm³/mol. The summed E-state index contributed by atoms with van der Waals surface area (Å²) >= 11 is 0.